The minimum Gasteiger partial charge on any atom is -0.508 e. The molecule has 0 aromatic heterocycles. The highest BCUT2D eigenvalue weighted by Crippen LogP contribution is 2.36. The highest BCUT2D eigenvalue weighted by Gasteiger charge is 2.39. The minimum absolute atomic E-state index is 0.129. The molecule has 6 nitrogen and oxygen atoms in total. The molecular weight excluding hydrogens is 284 g/mol. The Balaban J connectivity index is 2.57. The van der Waals surface area contributed by atoms with Gasteiger partial charge in [-0.1, -0.05) is 12.1 Å². The number of hydrogen-bond acceptors (Lipinski definition) is 4. The van der Waals surface area contributed by atoms with E-state index in [0.29, 0.717) is 11.3 Å². The number of urea groups is 1. The second-order valence-corrected chi connectivity index (χ2v) is 5.17. The lowest BCUT2D eigenvalue weighted by atomic mass is 9.93. The van der Waals surface area contributed by atoms with E-state index in [1.165, 1.54) is 21.9 Å². The SMILES string of the molecule is CCOC(=O)C1=C(C)N(C)C(=O)N(C)[C@@H]1c1ccc(O)cc1. The number of likely N-dealkylation sites (N-methyl/N-ethyl adjacent to an activating group) is 1. The molecule has 0 fully saturated rings. The third kappa shape index (κ3) is 2.64. The molecule has 2 rings (SSSR count). The van der Waals surface area contributed by atoms with Crippen LogP contribution in [0.25, 0.3) is 0 Å². The number of phenolic OH excluding ortho intramolecular Hbond substituents is 1. The Bertz CT molecular complexity index is 622. The predicted molar refractivity (Wildman–Crippen MR) is 81.1 cm³/mol. The van der Waals surface area contributed by atoms with Crippen LogP contribution in [-0.2, 0) is 9.53 Å². The number of hydrogen-bond donors (Lipinski definition) is 1. The van der Waals surface area contributed by atoms with Crippen molar-refractivity contribution in [3.8, 4) is 5.75 Å². The fourth-order valence-corrected chi connectivity index (χ4v) is 2.58. The van der Waals surface area contributed by atoms with E-state index >= 15 is 0 Å². The lowest BCUT2D eigenvalue weighted by molar-refractivity contribution is -0.139. The average Bonchev–Trinajstić information content (AvgIpc) is 2.50. The fourth-order valence-electron chi connectivity index (χ4n) is 2.58. The molecule has 0 bridgehead atoms. The van der Waals surface area contributed by atoms with Crippen LogP contribution in [0.15, 0.2) is 35.5 Å². The molecule has 0 aliphatic carbocycles. The van der Waals surface area contributed by atoms with Gasteiger partial charge in [0.1, 0.15) is 5.75 Å². The van der Waals surface area contributed by atoms with Crippen molar-refractivity contribution in [1.82, 2.24) is 9.80 Å². The Labute approximate surface area is 129 Å². The summed E-state index contributed by atoms with van der Waals surface area (Å²) in [4.78, 5) is 27.6. The van der Waals surface area contributed by atoms with Gasteiger partial charge in [-0.3, -0.25) is 0 Å². The van der Waals surface area contributed by atoms with Crippen LogP contribution >= 0.6 is 0 Å². The van der Waals surface area contributed by atoms with Crippen molar-refractivity contribution < 1.29 is 19.4 Å². The maximum absolute atomic E-state index is 12.4. The Kier molecular flexibility index (Phi) is 4.40. The van der Waals surface area contributed by atoms with Crippen molar-refractivity contribution in [3.05, 3.63) is 41.1 Å². The lowest BCUT2D eigenvalue weighted by Gasteiger charge is -2.39. The van der Waals surface area contributed by atoms with Gasteiger partial charge < -0.3 is 19.6 Å². The van der Waals surface area contributed by atoms with Gasteiger partial charge in [0.2, 0.25) is 0 Å². The number of ether oxygens (including phenoxy) is 1. The zero-order chi connectivity index (χ0) is 16.4. The van der Waals surface area contributed by atoms with Gasteiger partial charge in [-0.05, 0) is 31.5 Å². The molecule has 1 atom stereocenters. The number of rotatable bonds is 3. The quantitative estimate of drug-likeness (QED) is 0.870. The van der Waals surface area contributed by atoms with Crippen LogP contribution in [0.4, 0.5) is 4.79 Å². The first kappa shape index (κ1) is 15.9. The summed E-state index contributed by atoms with van der Waals surface area (Å²) >= 11 is 0. The second-order valence-electron chi connectivity index (χ2n) is 5.17. The van der Waals surface area contributed by atoms with E-state index in [2.05, 4.69) is 0 Å². The number of allylic oxidation sites excluding steroid dienone is 1. The van der Waals surface area contributed by atoms with E-state index in [0.717, 1.165) is 5.56 Å². The molecule has 0 unspecified atom stereocenters. The molecule has 1 aromatic carbocycles. The number of carbonyl (C=O) groups is 2. The van der Waals surface area contributed by atoms with Crippen LogP contribution in [0.2, 0.25) is 0 Å². The summed E-state index contributed by atoms with van der Waals surface area (Å²) in [6.07, 6.45) is 0. The van der Waals surface area contributed by atoms with Gasteiger partial charge in [-0.15, -0.1) is 0 Å². The maximum Gasteiger partial charge on any atom is 0.338 e. The summed E-state index contributed by atoms with van der Waals surface area (Å²) < 4.78 is 5.15. The largest absolute Gasteiger partial charge is 0.508 e. The van der Waals surface area contributed by atoms with Crippen molar-refractivity contribution in [1.29, 1.82) is 0 Å². The third-order valence-corrected chi connectivity index (χ3v) is 3.85. The van der Waals surface area contributed by atoms with Gasteiger partial charge in [0, 0.05) is 19.8 Å². The number of carbonyl (C=O) groups excluding carboxylic acids is 2. The van der Waals surface area contributed by atoms with Crippen molar-refractivity contribution in [3.63, 3.8) is 0 Å². The fraction of sp³-hybridized carbons (Fsp3) is 0.375. The van der Waals surface area contributed by atoms with Crippen molar-refractivity contribution in [2.45, 2.75) is 19.9 Å². The second kappa shape index (κ2) is 6.09. The standard InChI is InChI=1S/C16H20N2O4/c1-5-22-15(20)13-10(2)17(3)16(21)18(4)14(13)11-6-8-12(19)9-7-11/h6-9,14,19H,5H2,1-4H3/t14-/m1/s1. The zero-order valence-corrected chi connectivity index (χ0v) is 13.2. The van der Waals surface area contributed by atoms with Gasteiger partial charge in [-0.2, -0.15) is 0 Å². The van der Waals surface area contributed by atoms with Crippen LogP contribution in [0.5, 0.6) is 5.75 Å². The normalized spacial score (nSPS) is 18.7. The van der Waals surface area contributed by atoms with Gasteiger partial charge >= 0.3 is 12.0 Å². The molecule has 6 heteroatoms. The van der Waals surface area contributed by atoms with E-state index < -0.39 is 12.0 Å². The Morgan fingerprint density at radius 3 is 2.41 bits per heavy atom. The number of phenols is 1. The summed E-state index contributed by atoms with van der Waals surface area (Å²) in [5, 5.41) is 9.43. The first-order valence-electron chi connectivity index (χ1n) is 7.05. The van der Waals surface area contributed by atoms with Crippen molar-refractivity contribution >= 4 is 12.0 Å². The molecule has 0 saturated heterocycles. The van der Waals surface area contributed by atoms with Crippen LogP contribution in [-0.4, -0.2) is 47.6 Å². The zero-order valence-electron chi connectivity index (χ0n) is 13.2. The molecule has 1 aliphatic heterocycles. The number of benzene rings is 1. The minimum atomic E-state index is -0.539. The van der Waals surface area contributed by atoms with Gasteiger partial charge in [0.05, 0.1) is 18.2 Å². The first-order valence-corrected chi connectivity index (χ1v) is 7.05. The van der Waals surface area contributed by atoms with Crippen LogP contribution < -0.4 is 0 Å². The smallest absolute Gasteiger partial charge is 0.338 e. The number of esters is 1. The first-order chi connectivity index (χ1) is 10.4. The van der Waals surface area contributed by atoms with E-state index in [4.69, 9.17) is 4.74 Å². The van der Waals surface area contributed by atoms with E-state index in [9.17, 15) is 14.7 Å². The summed E-state index contributed by atoms with van der Waals surface area (Å²) in [7, 11) is 3.27. The molecule has 0 spiro atoms. The molecule has 1 aliphatic rings. The topological polar surface area (TPSA) is 70.1 Å². The molecule has 1 heterocycles. The molecule has 1 aromatic rings. The number of aromatic hydroxyl groups is 1. The Morgan fingerprint density at radius 1 is 1.27 bits per heavy atom. The Hall–Kier alpha value is -2.50. The molecule has 0 saturated carbocycles. The van der Waals surface area contributed by atoms with Crippen LogP contribution in [0, 0.1) is 0 Å². The number of amides is 2. The lowest BCUT2D eigenvalue weighted by Crippen LogP contribution is -2.47. The van der Waals surface area contributed by atoms with Crippen molar-refractivity contribution in [2.75, 3.05) is 20.7 Å². The predicted octanol–water partition coefficient (Wildman–Crippen LogP) is 2.27. The van der Waals surface area contributed by atoms with Gasteiger partial charge in [0.25, 0.3) is 0 Å². The summed E-state index contributed by atoms with van der Waals surface area (Å²) in [6, 6.07) is 5.71. The highest BCUT2D eigenvalue weighted by atomic mass is 16.5. The summed E-state index contributed by atoms with van der Waals surface area (Å²) in [6.45, 7) is 3.73. The third-order valence-electron chi connectivity index (χ3n) is 3.85. The van der Waals surface area contributed by atoms with E-state index in [1.807, 2.05) is 0 Å². The molecule has 1 N–H and O–H groups in total. The van der Waals surface area contributed by atoms with Crippen molar-refractivity contribution in [2.24, 2.45) is 0 Å². The van der Waals surface area contributed by atoms with Gasteiger partial charge in [0.15, 0.2) is 0 Å². The van der Waals surface area contributed by atoms with Crippen LogP contribution in [0.3, 0.4) is 0 Å². The average molecular weight is 304 g/mol. The summed E-state index contributed by atoms with van der Waals surface area (Å²) in [5.74, 6) is -0.312. The van der Waals surface area contributed by atoms with E-state index in [1.54, 1.807) is 40.1 Å². The molecule has 2 amide bonds. The maximum atomic E-state index is 12.4. The van der Waals surface area contributed by atoms with Gasteiger partial charge in [-0.25, -0.2) is 9.59 Å². The molecular formula is C16H20N2O4. The molecule has 118 valence electrons. The monoisotopic (exact) mass is 304 g/mol. The molecule has 0 radical (unpaired) electrons. The van der Waals surface area contributed by atoms with Crippen LogP contribution in [0.1, 0.15) is 25.5 Å². The van der Waals surface area contributed by atoms with E-state index in [-0.39, 0.29) is 18.4 Å². The Morgan fingerprint density at radius 2 is 1.86 bits per heavy atom. The number of nitrogens with zero attached hydrogens (tertiary/aromatic N) is 2. The molecule has 22 heavy (non-hydrogen) atoms. The summed E-state index contributed by atoms with van der Waals surface area (Å²) in [5.41, 5.74) is 1.74. The highest BCUT2D eigenvalue weighted by molar-refractivity contribution is 5.94.